The van der Waals surface area contributed by atoms with Gasteiger partial charge in [-0.2, -0.15) is 0 Å². The van der Waals surface area contributed by atoms with Crippen LogP contribution in [0.2, 0.25) is 0 Å². The SMILES string of the molecule is CCOC(=O)N[C@](C)(Cc1c[nH]c2ccccc12)C(=O)OC. The van der Waals surface area contributed by atoms with E-state index in [-0.39, 0.29) is 6.61 Å². The average molecular weight is 304 g/mol. The third-order valence-electron chi connectivity index (χ3n) is 3.51. The maximum atomic E-state index is 12.1. The molecule has 6 nitrogen and oxygen atoms in total. The van der Waals surface area contributed by atoms with Gasteiger partial charge in [-0.05, 0) is 25.5 Å². The number of nitrogens with one attached hydrogen (secondary N) is 2. The Labute approximate surface area is 128 Å². The topological polar surface area (TPSA) is 80.4 Å². The predicted octanol–water partition coefficient (Wildman–Crippen LogP) is 2.39. The molecule has 0 unspecified atom stereocenters. The first-order chi connectivity index (χ1) is 10.5. The van der Waals surface area contributed by atoms with E-state index >= 15 is 0 Å². The lowest BCUT2D eigenvalue weighted by Gasteiger charge is -2.27. The number of hydrogen-bond acceptors (Lipinski definition) is 4. The molecule has 2 N–H and O–H groups in total. The van der Waals surface area contributed by atoms with Crippen LogP contribution in [0.25, 0.3) is 10.9 Å². The van der Waals surface area contributed by atoms with Gasteiger partial charge in [-0.3, -0.25) is 0 Å². The van der Waals surface area contributed by atoms with Gasteiger partial charge in [-0.1, -0.05) is 18.2 Å². The zero-order chi connectivity index (χ0) is 16.2. The minimum atomic E-state index is -1.20. The molecule has 0 spiro atoms. The lowest BCUT2D eigenvalue weighted by atomic mass is 9.92. The van der Waals surface area contributed by atoms with Crippen molar-refractivity contribution in [3.8, 4) is 0 Å². The number of methoxy groups -OCH3 is 1. The van der Waals surface area contributed by atoms with E-state index < -0.39 is 17.6 Å². The van der Waals surface area contributed by atoms with Crippen molar-refractivity contribution < 1.29 is 19.1 Å². The molecule has 118 valence electrons. The number of fused-ring (bicyclic) bond motifs is 1. The van der Waals surface area contributed by atoms with Crippen LogP contribution in [0.1, 0.15) is 19.4 Å². The molecular weight excluding hydrogens is 284 g/mol. The van der Waals surface area contributed by atoms with E-state index in [1.54, 1.807) is 13.8 Å². The van der Waals surface area contributed by atoms with E-state index in [0.717, 1.165) is 16.5 Å². The van der Waals surface area contributed by atoms with Gasteiger partial charge < -0.3 is 19.8 Å². The quantitative estimate of drug-likeness (QED) is 0.831. The van der Waals surface area contributed by atoms with Gasteiger partial charge in [0.05, 0.1) is 13.7 Å². The van der Waals surface area contributed by atoms with Crippen LogP contribution >= 0.6 is 0 Å². The highest BCUT2D eigenvalue weighted by atomic mass is 16.6. The number of benzene rings is 1. The van der Waals surface area contributed by atoms with Gasteiger partial charge in [0, 0.05) is 23.5 Å². The molecule has 0 saturated carbocycles. The summed E-state index contributed by atoms with van der Waals surface area (Å²) in [6.07, 6.45) is 1.48. The van der Waals surface area contributed by atoms with Crippen molar-refractivity contribution in [2.75, 3.05) is 13.7 Å². The Hall–Kier alpha value is -2.50. The Balaban J connectivity index is 2.30. The highest BCUT2D eigenvalue weighted by molar-refractivity contribution is 5.88. The number of hydrogen-bond donors (Lipinski definition) is 2. The van der Waals surface area contributed by atoms with Crippen LogP contribution < -0.4 is 5.32 Å². The lowest BCUT2D eigenvalue weighted by molar-refractivity contribution is -0.147. The number of alkyl carbamates (subject to hydrolysis) is 1. The Morgan fingerprint density at radius 3 is 2.73 bits per heavy atom. The first kappa shape index (κ1) is 15.9. The molecule has 2 rings (SSSR count). The number of carbonyl (C=O) groups excluding carboxylic acids is 2. The molecule has 1 amide bonds. The number of para-hydroxylation sites is 1. The van der Waals surface area contributed by atoms with Crippen LogP contribution in [0.3, 0.4) is 0 Å². The van der Waals surface area contributed by atoms with Gasteiger partial charge in [-0.15, -0.1) is 0 Å². The van der Waals surface area contributed by atoms with Crippen molar-refractivity contribution in [1.82, 2.24) is 10.3 Å². The number of esters is 1. The molecule has 1 aromatic heterocycles. The number of aromatic nitrogens is 1. The summed E-state index contributed by atoms with van der Waals surface area (Å²) in [5, 5.41) is 3.60. The standard InChI is InChI=1S/C16H20N2O4/c1-4-22-15(20)18-16(2,14(19)21-3)9-11-10-17-13-8-6-5-7-12(11)13/h5-8,10,17H,4,9H2,1-3H3,(H,18,20)/t16-/m1/s1. The third kappa shape index (κ3) is 3.21. The van der Waals surface area contributed by atoms with E-state index in [2.05, 4.69) is 10.3 Å². The van der Waals surface area contributed by atoms with E-state index in [1.165, 1.54) is 7.11 Å². The number of aromatic amines is 1. The van der Waals surface area contributed by atoms with Crippen molar-refractivity contribution in [2.24, 2.45) is 0 Å². The maximum Gasteiger partial charge on any atom is 0.408 e. The molecule has 0 radical (unpaired) electrons. The third-order valence-corrected chi connectivity index (χ3v) is 3.51. The molecule has 1 atom stereocenters. The van der Waals surface area contributed by atoms with Crippen LogP contribution in [0, 0.1) is 0 Å². The summed E-state index contributed by atoms with van der Waals surface area (Å²) in [6, 6.07) is 7.77. The van der Waals surface area contributed by atoms with Crippen molar-refractivity contribution in [3.05, 3.63) is 36.0 Å². The first-order valence-electron chi connectivity index (χ1n) is 7.08. The molecule has 0 aliphatic rings. The van der Waals surface area contributed by atoms with Crippen LogP contribution in [0.15, 0.2) is 30.5 Å². The van der Waals surface area contributed by atoms with Gasteiger partial charge in [0.2, 0.25) is 0 Å². The first-order valence-corrected chi connectivity index (χ1v) is 7.08. The van der Waals surface area contributed by atoms with Crippen LogP contribution in [-0.4, -0.2) is 36.3 Å². The molecule has 2 aromatic rings. The second-order valence-electron chi connectivity index (χ2n) is 5.21. The summed E-state index contributed by atoms with van der Waals surface area (Å²) in [6.45, 7) is 3.56. The second kappa shape index (κ2) is 6.51. The molecule has 22 heavy (non-hydrogen) atoms. The highest BCUT2D eigenvalue weighted by Gasteiger charge is 2.37. The fourth-order valence-electron chi connectivity index (χ4n) is 2.44. The molecular formula is C16H20N2O4. The lowest BCUT2D eigenvalue weighted by Crippen LogP contribution is -2.54. The molecule has 0 aliphatic carbocycles. The Bertz CT molecular complexity index is 680. The van der Waals surface area contributed by atoms with Gasteiger partial charge in [0.15, 0.2) is 0 Å². The monoisotopic (exact) mass is 304 g/mol. The number of H-pyrrole nitrogens is 1. The normalized spacial score (nSPS) is 13.4. The summed E-state index contributed by atoms with van der Waals surface area (Å²) in [4.78, 5) is 27.0. The summed E-state index contributed by atoms with van der Waals surface area (Å²) in [7, 11) is 1.29. The number of rotatable bonds is 5. The average Bonchev–Trinajstić information content (AvgIpc) is 2.89. The Morgan fingerprint density at radius 1 is 1.32 bits per heavy atom. The molecule has 1 heterocycles. The molecule has 6 heteroatoms. The van der Waals surface area contributed by atoms with Crippen LogP contribution in [-0.2, 0) is 20.7 Å². The maximum absolute atomic E-state index is 12.1. The minimum absolute atomic E-state index is 0.232. The number of ether oxygens (including phenoxy) is 2. The highest BCUT2D eigenvalue weighted by Crippen LogP contribution is 2.23. The van der Waals surface area contributed by atoms with Crippen molar-refractivity contribution in [1.29, 1.82) is 0 Å². The summed E-state index contributed by atoms with van der Waals surface area (Å²) < 4.78 is 9.71. The molecule has 0 aliphatic heterocycles. The predicted molar refractivity (Wildman–Crippen MR) is 82.6 cm³/mol. The smallest absolute Gasteiger partial charge is 0.408 e. The summed E-state index contributed by atoms with van der Waals surface area (Å²) >= 11 is 0. The van der Waals surface area contributed by atoms with Gasteiger partial charge in [0.25, 0.3) is 0 Å². The van der Waals surface area contributed by atoms with E-state index in [9.17, 15) is 9.59 Å². The summed E-state index contributed by atoms with van der Waals surface area (Å²) in [5.74, 6) is -0.522. The van der Waals surface area contributed by atoms with E-state index in [1.807, 2.05) is 30.5 Å². The van der Waals surface area contributed by atoms with E-state index in [4.69, 9.17) is 9.47 Å². The largest absolute Gasteiger partial charge is 0.467 e. The van der Waals surface area contributed by atoms with E-state index in [0.29, 0.717) is 6.42 Å². The summed E-state index contributed by atoms with van der Waals surface area (Å²) in [5.41, 5.74) is 0.688. The zero-order valence-electron chi connectivity index (χ0n) is 12.9. The molecule has 0 bridgehead atoms. The second-order valence-corrected chi connectivity index (χ2v) is 5.21. The molecule has 0 fully saturated rings. The molecule has 1 aromatic carbocycles. The molecule has 0 saturated heterocycles. The zero-order valence-corrected chi connectivity index (χ0v) is 12.9. The minimum Gasteiger partial charge on any atom is -0.467 e. The Kier molecular flexibility index (Phi) is 4.70. The Morgan fingerprint density at radius 2 is 2.05 bits per heavy atom. The van der Waals surface area contributed by atoms with Crippen molar-refractivity contribution in [3.63, 3.8) is 0 Å². The van der Waals surface area contributed by atoms with Gasteiger partial charge in [-0.25, -0.2) is 9.59 Å². The number of carbonyl (C=O) groups is 2. The fraction of sp³-hybridized carbons (Fsp3) is 0.375. The van der Waals surface area contributed by atoms with Crippen LogP contribution in [0.4, 0.5) is 4.79 Å². The fourth-order valence-corrected chi connectivity index (χ4v) is 2.44. The van der Waals surface area contributed by atoms with Crippen LogP contribution in [0.5, 0.6) is 0 Å². The van der Waals surface area contributed by atoms with Gasteiger partial charge >= 0.3 is 12.1 Å². The number of amides is 1. The van der Waals surface area contributed by atoms with Crippen molar-refractivity contribution in [2.45, 2.75) is 25.8 Å². The van der Waals surface area contributed by atoms with Crippen molar-refractivity contribution >= 4 is 23.0 Å². The van der Waals surface area contributed by atoms with Gasteiger partial charge in [0.1, 0.15) is 5.54 Å².